The van der Waals surface area contributed by atoms with Crippen LogP contribution in [-0.4, -0.2) is 39.8 Å². The van der Waals surface area contributed by atoms with Crippen LogP contribution in [0.2, 0.25) is 0 Å². The van der Waals surface area contributed by atoms with Crippen molar-refractivity contribution >= 4 is 11.9 Å². The minimum Gasteiger partial charge on any atom is -0.458 e. The lowest BCUT2D eigenvalue weighted by Crippen LogP contribution is -2.46. The number of benzene rings is 2. The summed E-state index contributed by atoms with van der Waals surface area (Å²) < 4.78 is 6.95. The van der Waals surface area contributed by atoms with Crippen molar-refractivity contribution in [2.24, 2.45) is 0 Å². The van der Waals surface area contributed by atoms with E-state index >= 15 is 0 Å². The summed E-state index contributed by atoms with van der Waals surface area (Å²) in [7, 11) is 0. The Kier molecular flexibility index (Phi) is 8.60. The lowest BCUT2D eigenvalue weighted by atomic mass is 9.98. The monoisotopic (exact) mass is 476 g/mol. The SMILES string of the molecule is CC(C)(C)OC(=O)[C@H](CCCO)NC(=O)c1cccn(C(c2ccccc2)c2ccccc2)c1=O. The largest absolute Gasteiger partial charge is 0.458 e. The van der Waals surface area contributed by atoms with Gasteiger partial charge in [-0.3, -0.25) is 9.59 Å². The number of ether oxygens (including phenoxy) is 1. The van der Waals surface area contributed by atoms with Crippen molar-refractivity contribution in [1.82, 2.24) is 9.88 Å². The zero-order chi connectivity index (χ0) is 25.4. The van der Waals surface area contributed by atoms with E-state index in [1.165, 1.54) is 10.6 Å². The second-order valence-corrected chi connectivity index (χ2v) is 9.28. The Morgan fingerprint density at radius 3 is 2.03 bits per heavy atom. The molecule has 3 aromatic rings. The van der Waals surface area contributed by atoms with Gasteiger partial charge in [0.15, 0.2) is 0 Å². The van der Waals surface area contributed by atoms with Crippen molar-refractivity contribution in [3.63, 3.8) is 0 Å². The highest BCUT2D eigenvalue weighted by molar-refractivity contribution is 5.96. The van der Waals surface area contributed by atoms with Gasteiger partial charge in [0.1, 0.15) is 17.2 Å². The molecule has 1 heterocycles. The summed E-state index contributed by atoms with van der Waals surface area (Å²) in [5.41, 5.74) is 0.493. The third kappa shape index (κ3) is 6.90. The zero-order valence-corrected chi connectivity index (χ0v) is 20.3. The van der Waals surface area contributed by atoms with E-state index in [1.54, 1.807) is 33.0 Å². The van der Waals surface area contributed by atoms with Gasteiger partial charge in [-0.1, -0.05) is 60.7 Å². The average molecular weight is 477 g/mol. The Hall–Kier alpha value is -3.71. The number of pyridine rings is 1. The molecule has 0 radical (unpaired) electrons. The smallest absolute Gasteiger partial charge is 0.329 e. The van der Waals surface area contributed by atoms with Crippen LogP contribution in [0.15, 0.2) is 83.8 Å². The lowest BCUT2D eigenvalue weighted by molar-refractivity contribution is -0.157. The predicted molar refractivity (Wildman–Crippen MR) is 134 cm³/mol. The van der Waals surface area contributed by atoms with E-state index in [0.29, 0.717) is 6.42 Å². The molecule has 0 fully saturated rings. The molecule has 0 aliphatic carbocycles. The Morgan fingerprint density at radius 1 is 0.943 bits per heavy atom. The predicted octanol–water partition coefficient (Wildman–Crippen LogP) is 3.70. The second kappa shape index (κ2) is 11.6. The number of rotatable bonds is 9. The highest BCUT2D eigenvalue weighted by Gasteiger charge is 2.28. The van der Waals surface area contributed by atoms with Crippen LogP contribution in [0.1, 0.15) is 61.1 Å². The van der Waals surface area contributed by atoms with Gasteiger partial charge in [0, 0.05) is 12.8 Å². The maximum atomic E-state index is 13.5. The first kappa shape index (κ1) is 25.9. The minimum atomic E-state index is -0.985. The van der Waals surface area contributed by atoms with E-state index in [2.05, 4.69) is 5.32 Å². The molecule has 7 nitrogen and oxygen atoms in total. The van der Waals surface area contributed by atoms with Gasteiger partial charge in [-0.25, -0.2) is 4.79 Å². The number of hydrogen-bond acceptors (Lipinski definition) is 5. The van der Waals surface area contributed by atoms with Gasteiger partial charge in [-0.05, 0) is 56.9 Å². The number of amides is 1. The number of aliphatic hydroxyl groups is 1. The number of hydrogen-bond donors (Lipinski definition) is 2. The van der Waals surface area contributed by atoms with Crippen molar-refractivity contribution in [1.29, 1.82) is 0 Å². The number of aliphatic hydroxyl groups excluding tert-OH is 1. The molecule has 2 aromatic carbocycles. The molecule has 7 heteroatoms. The van der Waals surface area contributed by atoms with Crippen molar-refractivity contribution in [3.8, 4) is 0 Å². The Morgan fingerprint density at radius 2 is 1.51 bits per heavy atom. The van der Waals surface area contributed by atoms with Gasteiger partial charge in [0.25, 0.3) is 11.5 Å². The van der Waals surface area contributed by atoms with Crippen molar-refractivity contribution in [2.45, 2.75) is 51.3 Å². The molecule has 0 saturated carbocycles. The average Bonchev–Trinajstić information content (AvgIpc) is 2.83. The zero-order valence-electron chi connectivity index (χ0n) is 20.3. The molecule has 0 bridgehead atoms. The van der Waals surface area contributed by atoms with Crippen molar-refractivity contribution in [3.05, 3.63) is 106 Å². The minimum absolute atomic E-state index is 0.0816. The number of nitrogens with one attached hydrogen (secondary N) is 1. The van der Waals surface area contributed by atoms with E-state index in [9.17, 15) is 19.5 Å². The fourth-order valence-corrected chi connectivity index (χ4v) is 3.82. The maximum Gasteiger partial charge on any atom is 0.329 e. The topological polar surface area (TPSA) is 97.6 Å². The van der Waals surface area contributed by atoms with Crippen molar-refractivity contribution in [2.75, 3.05) is 6.61 Å². The van der Waals surface area contributed by atoms with E-state index in [1.807, 2.05) is 60.7 Å². The molecule has 0 saturated heterocycles. The summed E-state index contributed by atoms with van der Waals surface area (Å²) in [6.07, 6.45) is 2.14. The molecule has 0 aliphatic heterocycles. The van der Waals surface area contributed by atoms with Crippen LogP contribution in [0, 0.1) is 0 Å². The van der Waals surface area contributed by atoms with Crippen LogP contribution in [0.5, 0.6) is 0 Å². The van der Waals surface area contributed by atoms with Gasteiger partial charge in [-0.15, -0.1) is 0 Å². The van der Waals surface area contributed by atoms with Gasteiger partial charge >= 0.3 is 5.97 Å². The fourth-order valence-electron chi connectivity index (χ4n) is 3.82. The molecule has 1 aromatic heterocycles. The molecule has 184 valence electrons. The molecule has 1 amide bonds. The van der Waals surface area contributed by atoms with Gasteiger partial charge < -0.3 is 19.7 Å². The lowest BCUT2D eigenvalue weighted by Gasteiger charge is -2.25. The third-order valence-corrected chi connectivity index (χ3v) is 5.38. The van der Waals surface area contributed by atoms with Crippen LogP contribution >= 0.6 is 0 Å². The normalized spacial score (nSPS) is 12.3. The Labute approximate surface area is 205 Å². The first-order chi connectivity index (χ1) is 16.7. The van der Waals surface area contributed by atoms with Crippen molar-refractivity contribution < 1.29 is 19.4 Å². The number of carbonyl (C=O) groups excluding carboxylic acids is 2. The van der Waals surface area contributed by atoms with Gasteiger partial charge in [-0.2, -0.15) is 0 Å². The van der Waals surface area contributed by atoms with Crippen LogP contribution in [0.3, 0.4) is 0 Å². The first-order valence-corrected chi connectivity index (χ1v) is 11.7. The fraction of sp³-hybridized carbons (Fsp3) is 0.321. The Balaban J connectivity index is 1.96. The third-order valence-electron chi connectivity index (χ3n) is 5.38. The number of esters is 1. The van der Waals surface area contributed by atoms with Crippen LogP contribution in [-0.2, 0) is 9.53 Å². The van der Waals surface area contributed by atoms with E-state index in [0.717, 1.165) is 11.1 Å². The maximum absolute atomic E-state index is 13.5. The molecule has 3 rings (SSSR count). The highest BCUT2D eigenvalue weighted by Crippen LogP contribution is 2.25. The summed E-state index contributed by atoms with van der Waals surface area (Å²) in [5, 5.41) is 11.9. The molecule has 0 unspecified atom stereocenters. The second-order valence-electron chi connectivity index (χ2n) is 9.28. The van der Waals surface area contributed by atoms with Crippen LogP contribution in [0.25, 0.3) is 0 Å². The molecule has 0 aliphatic rings. The first-order valence-electron chi connectivity index (χ1n) is 11.7. The molecule has 0 spiro atoms. The van der Waals surface area contributed by atoms with Gasteiger partial charge in [0.2, 0.25) is 0 Å². The number of nitrogens with zero attached hydrogens (tertiary/aromatic N) is 1. The van der Waals surface area contributed by atoms with Crippen LogP contribution in [0.4, 0.5) is 0 Å². The summed E-state index contributed by atoms with van der Waals surface area (Å²) in [4.78, 5) is 39.4. The summed E-state index contributed by atoms with van der Waals surface area (Å²) >= 11 is 0. The highest BCUT2D eigenvalue weighted by atomic mass is 16.6. The van der Waals surface area contributed by atoms with E-state index < -0.39 is 35.1 Å². The number of carbonyl (C=O) groups is 2. The number of aromatic nitrogens is 1. The molecule has 35 heavy (non-hydrogen) atoms. The quantitative estimate of drug-likeness (QED) is 0.459. The Bertz CT molecular complexity index is 1140. The molecule has 2 N–H and O–H groups in total. The molecule has 1 atom stereocenters. The molecular weight excluding hydrogens is 444 g/mol. The summed E-state index contributed by atoms with van der Waals surface area (Å²) in [6.45, 7) is 5.07. The van der Waals surface area contributed by atoms with Crippen LogP contribution < -0.4 is 10.9 Å². The summed E-state index contributed by atoms with van der Waals surface area (Å²) in [6, 6.07) is 20.8. The van der Waals surface area contributed by atoms with E-state index in [-0.39, 0.29) is 18.6 Å². The van der Waals surface area contributed by atoms with E-state index in [4.69, 9.17) is 4.74 Å². The standard InChI is InChI=1S/C28H32N2O5/c1-28(2,3)35-27(34)23(17-11-19-31)29-25(32)22-16-10-18-30(26(22)33)24(20-12-6-4-7-13-20)21-14-8-5-9-15-21/h4-10,12-16,18,23-24,31H,11,17,19H2,1-3H3,(H,29,32)/t23-/m0/s1. The molecular formula is C28H32N2O5. The summed E-state index contributed by atoms with van der Waals surface area (Å²) in [5.74, 6) is -1.28. The van der Waals surface area contributed by atoms with Gasteiger partial charge in [0.05, 0.1) is 6.04 Å².